The summed E-state index contributed by atoms with van der Waals surface area (Å²) in [6.45, 7) is -0.760. The fourth-order valence-corrected chi connectivity index (χ4v) is 0.754. The van der Waals surface area contributed by atoms with Crippen LogP contribution in [0.2, 0.25) is 0 Å². The molecule has 2 N–H and O–H groups in total. The lowest BCUT2D eigenvalue weighted by atomic mass is 10.6. The van der Waals surface area contributed by atoms with Gasteiger partial charge in [-0.15, -0.1) is 0 Å². The van der Waals surface area contributed by atoms with E-state index in [4.69, 9.17) is 4.89 Å². The highest BCUT2D eigenvalue weighted by atomic mass is 31.1. The van der Waals surface area contributed by atoms with Crippen molar-refractivity contribution in [2.24, 2.45) is 0 Å². The third-order valence-electron chi connectivity index (χ3n) is 0.954. The molecule has 0 aromatic heterocycles. The number of carbonyl (C=O) groups excluding carboxylic acids is 2. The molecular weight excluding hydrogens is 242 g/mol. The molecule has 1 atom stereocenters. The number of halogens is 3. The molecule has 0 spiro atoms. The Bertz CT molecular complexity index is 278. The van der Waals surface area contributed by atoms with E-state index in [9.17, 15) is 27.3 Å². The van der Waals surface area contributed by atoms with E-state index in [0.717, 1.165) is 0 Å². The normalized spacial score (nSPS) is 12.1. The summed E-state index contributed by atoms with van der Waals surface area (Å²) in [7, 11) is -2.55. The average molecular weight is 248 g/mol. The second-order valence-electron chi connectivity index (χ2n) is 2.20. The van der Waals surface area contributed by atoms with Crippen molar-refractivity contribution >= 4 is 20.0 Å². The number of carbonyl (C=O) groups is 2. The van der Waals surface area contributed by atoms with E-state index in [1.807, 2.05) is 5.32 Å². The molecule has 0 aromatic carbocycles. The third kappa shape index (κ3) is 6.95. The molecule has 0 fully saturated rings. The zero-order valence-corrected chi connectivity index (χ0v) is 7.97. The molecule has 0 aliphatic rings. The maximum Gasteiger partial charge on any atom is 0.521 e. The van der Waals surface area contributed by atoms with Crippen LogP contribution in [0, 0.1) is 0 Å². The maximum absolute atomic E-state index is 11.5. The number of rotatable bonds is 4. The molecule has 0 saturated heterocycles. The molecule has 0 aliphatic heterocycles. The van der Waals surface area contributed by atoms with Crippen LogP contribution in [0.25, 0.3) is 0 Å². The number of alkyl halides is 3. The van der Waals surface area contributed by atoms with Crippen molar-refractivity contribution < 1.29 is 37.0 Å². The zero-order chi connectivity index (χ0) is 12.1. The van der Waals surface area contributed by atoms with Gasteiger partial charge in [-0.2, -0.15) is 18.1 Å². The Hall–Kier alpha value is -1.05. The van der Waals surface area contributed by atoms with Gasteiger partial charge in [0.25, 0.3) is 0 Å². The highest BCUT2D eigenvalue weighted by Crippen LogP contribution is 2.16. The Morgan fingerprint density at radius 3 is 2.33 bits per heavy atom. The summed E-state index contributed by atoms with van der Waals surface area (Å²) in [5.41, 5.74) is 0. The van der Waals surface area contributed by atoms with Crippen molar-refractivity contribution in [3.05, 3.63) is 0 Å². The van der Waals surface area contributed by atoms with Gasteiger partial charge in [0.1, 0.15) is 0 Å². The molecule has 0 saturated carbocycles. The first-order chi connectivity index (χ1) is 6.73. The molecule has 0 radical (unpaired) electrons. The van der Waals surface area contributed by atoms with Gasteiger partial charge in [0.15, 0.2) is 0 Å². The quantitative estimate of drug-likeness (QED) is 0.410. The smallest absolute Gasteiger partial charge is 0.385 e. The summed E-state index contributed by atoms with van der Waals surface area (Å²) in [5, 5.41) is 2.01. The predicted octanol–water partition coefficient (Wildman–Crippen LogP) is -0.0997. The minimum Gasteiger partial charge on any atom is -0.385 e. The summed E-state index contributed by atoms with van der Waals surface area (Å²) in [6.07, 6.45) is -5.72. The molecule has 15 heavy (non-hydrogen) atoms. The van der Waals surface area contributed by atoms with E-state index in [0.29, 0.717) is 0 Å². The van der Waals surface area contributed by atoms with Crippen LogP contribution in [0.15, 0.2) is 0 Å². The van der Waals surface area contributed by atoms with Crippen LogP contribution in [0.3, 0.4) is 0 Å². The molecule has 0 heterocycles. The molecule has 1 unspecified atom stereocenters. The summed E-state index contributed by atoms with van der Waals surface area (Å²) in [4.78, 5) is 28.8. The number of hydrogen-bond donors (Lipinski definition) is 2. The van der Waals surface area contributed by atoms with Gasteiger partial charge in [-0.3, -0.25) is 10.1 Å². The minimum atomic E-state index is -5.24. The van der Waals surface area contributed by atoms with Crippen molar-refractivity contribution in [1.29, 1.82) is 0 Å². The van der Waals surface area contributed by atoms with Gasteiger partial charge in [0.2, 0.25) is 6.29 Å². The molecule has 0 bridgehead atoms. The molecule has 0 rings (SSSR count). The van der Waals surface area contributed by atoms with Crippen molar-refractivity contribution in [2.75, 3.05) is 12.8 Å². The van der Waals surface area contributed by atoms with Gasteiger partial charge in [0.05, 0.1) is 6.54 Å². The Morgan fingerprint density at radius 2 is 1.93 bits per heavy atom. The van der Waals surface area contributed by atoms with Gasteiger partial charge >= 0.3 is 26.1 Å². The minimum absolute atomic E-state index is 0.482. The van der Waals surface area contributed by atoms with Gasteiger partial charge in [-0.25, -0.2) is 4.79 Å². The van der Waals surface area contributed by atoms with Crippen LogP contribution in [0.4, 0.5) is 13.2 Å². The zero-order valence-electron chi connectivity index (χ0n) is 7.08. The van der Waals surface area contributed by atoms with Gasteiger partial charge < -0.3 is 4.74 Å². The molecular formula is C5H6F3NO5P+. The fourth-order valence-electron chi connectivity index (χ4n) is 0.451. The largest absolute Gasteiger partial charge is 0.521 e. The number of esters is 2. The van der Waals surface area contributed by atoms with E-state index in [1.165, 1.54) is 0 Å². The molecule has 0 amide bonds. The maximum atomic E-state index is 11.5. The van der Waals surface area contributed by atoms with E-state index in [2.05, 4.69) is 4.74 Å². The number of hydrogen-bond acceptors (Lipinski definition) is 5. The highest BCUT2D eigenvalue weighted by molar-refractivity contribution is 7.37. The Labute approximate surface area is 82.3 Å². The average Bonchev–Trinajstić information content (AvgIpc) is 2.01. The Morgan fingerprint density at radius 1 is 1.40 bits per heavy atom. The monoisotopic (exact) mass is 248 g/mol. The summed E-state index contributed by atoms with van der Waals surface area (Å²) < 4.78 is 48.0. The SMILES string of the molecule is O=C(CNC[P+](=O)O)OC(=O)C(F)(F)F. The Balaban J connectivity index is 3.85. The molecule has 0 aliphatic carbocycles. The molecule has 86 valence electrons. The van der Waals surface area contributed by atoms with Crippen LogP contribution in [0.5, 0.6) is 0 Å². The molecule has 6 nitrogen and oxygen atoms in total. The topological polar surface area (TPSA) is 92.7 Å². The first kappa shape index (κ1) is 13.9. The van der Waals surface area contributed by atoms with E-state index in [1.54, 1.807) is 0 Å². The van der Waals surface area contributed by atoms with Crippen molar-refractivity contribution in [2.45, 2.75) is 6.18 Å². The van der Waals surface area contributed by atoms with Crippen molar-refractivity contribution in [1.82, 2.24) is 5.32 Å². The lowest BCUT2D eigenvalue weighted by molar-refractivity contribution is -0.201. The fraction of sp³-hybridized carbons (Fsp3) is 0.600. The standard InChI is InChI=1S/C5H5F3NO5P/c6-5(7,8)4(11)14-3(10)1-9-2-15(12)13/h9H,1-2H2/p+1. The van der Waals surface area contributed by atoms with E-state index in [-0.39, 0.29) is 0 Å². The molecule has 10 heteroatoms. The lowest BCUT2D eigenvalue weighted by Gasteiger charge is -2.04. The highest BCUT2D eigenvalue weighted by Gasteiger charge is 2.42. The van der Waals surface area contributed by atoms with Crippen molar-refractivity contribution in [3.63, 3.8) is 0 Å². The van der Waals surface area contributed by atoms with Crippen LogP contribution in [-0.4, -0.2) is 35.8 Å². The van der Waals surface area contributed by atoms with Gasteiger partial charge in [-0.1, -0.05) is 0 Å². The number of ether oxygens (including phenoxy) is 1. The van der Waals surface area contributed by atoms with Crippen LogP contribution >= 0.6 is 8.03 Å². The first-order valence-corrected chi connectivity index (χ1v) is 4.79. The van der Waals surface area contributed by atoms with Crippen LogP contribution in [0.1, 0.15) is 0 Å². The van der Waals surface area contributed by atoms with Gasteiger partial charge in [0, 0.05) is 0 Å². The van der Waals surface area contributed by atoms with Crippen molar-refractivity contribution in [3.8, 4) is 0 Å². The second kappa shape index (κ2) is 5.74. The third-order valence-corrected chi connectivity index (χ3v) is 1.45. The van der Waals surface area contributed by atoms with Crippen LogP contribution < -0.4 is 5.32 Å². The summed E-state index contributed by atoms with van der Waals surface area (Å²) in [6, 6.07) is 0. The van der Waals surface area contributed by atoms with Gasteiger partial charge in [-0.05, 0) is 4.57 Å². The summed E-state index contributed by atoms with van der Waals surface area (Å²) >= 11 is 0. The first-order valence-electron chi connectivity index (χ1n) is 3.39. The second-order valence-corrected chi connectivity index (χ2v) is 3.22. The predicted molar refractivity (Wildman–Crippen MR) is 39.8 cm³/mol. The van der Waals surface area contributed by atoms with E-state index < -0.39 is 39.0 Å². The molecule has 0 aromatic rings. The van der Waals surface area contributed by atoms with E-state index >= 15 is 0 Å². The lowest BCUT2D eigenvalue weighted by Crippen LogP contribution is -2.32. The summed E-state index contributed by atoms with van der Waals surface area (Å²) in [5.74, 6) is -4.10. The Kier molecular flexibility index (Phi) is 5.34. The number of nitrogens with one attached hydrogen (secondary N) is 1. The van der Waals surface area contributed by atoms with Crippen LogP contribution in [-0.2, 0) is 18.9 Å².